The maximum Gasteiger partial charge on any atom is 0.316 e. The van der Waals surface area contributed by atoms with Gasteiger partial charge in [-0.25, -0.2) is 9.97 Å². The Labute approximate surface area is 73.7 Å². The molecule has 1 aromatic heterocycles. The van der Waals surface area contributed by atoms with Crippen molar-refractivity contribution in [2.75, 3.05) is 7.11 Å². The molecule has 0 aliphatic carbocycles. The molecule has 0 N–H and O–H groups in total. The smallest absolute Gasteiger partial charge is 0.316 e. The van der Waals surface area contributed by atoms with Gasteiger partial charge in [-0.05, 0) is 0 Å². The van der Waals surface area contributed by atoms with E-state index in [2.05, 4.69) is 20.2 Å². The van der Waals surface area contributed by atoms with Crippen LogP contribution in [0.15, 0.2) is 16.4 Å². The number of aromatic nitrogens is 2. The molecule has 1 aliphatic rings. The summed E-state index contributed by atoms with van der Waals surface area (Å²) in [6.45, 7) is 0.278. The van der Waals surface area contributed by atoms with E-state index < -0.39 is 5.91 Å². The van der Waals surface area contributed by atoms with Crippen LogP contribution >= 0.6 is 0 Å². The van der Waals surface area contributed by atoms with E-state index in [0.29, 0.717) is 11.5 Å². The molecule has 6 heteroatoms. The van der Waals surface area contributed by atoms with Gasteiger partial charge >= 0.3 is 5.91 Å². The predicted octanol–water partition coefficient (Wildman–Crippen LogP) is 0.861. The van der Waals surface area contributed by atoms with Crippen molar-refractivity contribution in [3.8, 4) is 0 Å². The summed E-state index contributed by atoms with van der Waals surface area (Å²) in [5.74, 6) is 0.0386. The highest BCUT2D eigenvalue weighted by Gasteiger charge is 2.19. The number of rotatable bonds is 2. The standard InChI is InChI=1S/C7H6N4O2/c1-13-3-5-8-2-4-6(9-5)7(12)11-10-4/h2H,3H2,1H3. The second-order valence-corrected chi connectivity index (χ2v) is 2.46. The molecule has 0 fully saturated rings. The number of ether oxygens (including phenoxy) is 1. The third-order valence-electron chi connectivity index (χ3n) is 1.54. The second-order valence-electron chi connectivity index (χ2n) is 2.46. The van der Waals surface area contributed by atoms with Crippen LogP contribution in [0.25, 0.3) is 0 Å². The topological polar surface area (TPSA) is 76.8 Å². The zero-order valence-corrected chi connectivity index (χ0v) is 6.89. The molecular weight excluding hydrogens is 172 g/mol. The number of nitrogens with zero attached hydrogens (tertiary/aromatic N) is 4. The molecular formula is C7H6N4O2. The summed E-state index contributed by atoms with van der Waals surface area (Å²) in [4.78, 5) is 18.9. The van der Waals surface area contributed by atoms with Gasteiger partial charge < -0.3 is 4.74 Å². The number of carbonyl (C=O) groups is 1. The third kappa shape index (κ3) is 1.31. The average Bonchev–Trinajstić information content (AvgIpc) is 2.49. The molecule has 66 valence electrons. The van der Waals surface area contributed by atoms with Gasteiger partial charge in [-0.15, -0.1) is 10.2 Å². The first-order chi connectivity index (χ1) is 6.31. The van der Waals surface area contributed by atoms with Gasteiger partial charge in [0.15, 0.2) is 11.5 Å². The maximum atomic E-state index is 11.0. The van der Waals surface area contributed by atoms with Gasteiger partial charge in [0.2, 0.25) is 0 Å². The van der Waals surface area contributed by atoms with E-state index in [1.54, 1.807) is 0 Å². The van der Waals surface area contributed by atoms with Gasteiger partial charge in [0.25, 0.3) is 0 Å². The van der Waals surface area contributed by atoms with Crippen LogP contribution in [0.2, 0.25) is 0 Å². The van der Waals surface area contributed by atoms with E-state index in [4.69, 9.17) is 4.74 Å². The second kappa shape index (κ2) is 2.98. The Morgan fingerprint density at radius 1 is 1.46 bits per heavy atom. The molecule has 13 heavy (non-hydrogen) atoms. The summed E-state index contributed by atoms with van der Waals surface area (Å²) < 4.78 is 4.83. The SMILES string of the molecule is COCc1ncc2c(n1)C(=O)N=N2. The number of azo groups is 1. The molecule has 1 aromatic rings. The minimum Gasteiger partial charge on any atom is -0.377 e. The van der Waals surface area contributed by atoms with Gasteiger partial charge in [0.05, 0.1) is 6.20 Å². The predicted molar refractivity (Wildman–Crippen MR) is 41.6 cm³/mol. The molecule has 0 unspecified atom stereocenters. The van der Waals surface area contributed by atoms with Crippen LogP contribution < -0.4 is 0 Å². The molecule has 2 heterocycles. The van der Waals surface area contributed by atoms with Crippen molar-refractivity contribution >= 4 is 11.6 Å². The highest BCUT2D eigenvalue weighted by Crippen LogP contribution is 2.23. The number of amides is 1. The summed E-state index contributed by atoms with van der Waals surface area (Å²) >= 11 is 0. The summed E-state index contributed by atoms with van der Waals surface area (Å²) in [5.41, 5.74) is 0.673. The molecule has 0 bridgehead atoms. The fourth-order valence-electron chi connectivity index (χ4n) is 0.988. The number of methoxy groups -OCH3 is 1. The van der Waals surface area contributed by atoms with Gasteiger partial charge in [-0.2, -0.15) is 0 Å². The quantitative estimate of drug-likeness (QED) is 0.672. The summed E-state index contributed by atoms with van der Waals surface area (Å²) in [5, 5.41) is 6.94. The Hall–Kier alpha value is -1.69. The van der Waals surface area contributed by atoms with Crippen molar-refractivity contribution in [1.29, 1.82) is 0 Å². The van der Waals surface area contributed by atoms with E-state index in [1.165, 1.54) is 13.3 Å². The molecule has 0 atom stereocenters. The lowest BCUT2D eigenvalue weighted by Gasteiger charge is -1.98. The summed E-state index contributed by atoms with van der Waals surface area (Å²) in [7, 11) is 1.53. The summed E-state index contributed by atoms with van der Waals surface area (Å²) in [6.07, 6.45) is 1.46. The Morgan fingerprint density at radius 2 is 2.31 bits per heavy atom. The summed E-state index contributed by atoms with van der Waals surface area (Å²) in [6, 6.07) is 0. The van der Waals surface area contributed by atoms with Crippen LogP contribution in [0.3, 0.4) is 0 Å². The van der Waals surface area contributed by atoms with Crippen LogP contribution in [0, 0.1) is 0 Å². The van der Waals surface area contributed by atoms with E-state index in [0.717, 1.165) is 0 Å². The highest BCUT2D eigenvalue weighted by atomic mass is 16.5. The van der Waals surface area contributed by atoms with E-state index in [-0.39, 0.29) is 12.3 Å². The van der Waals surface area contributed by atoms with E-state index >= 15 is 0 Å². The van der Waals surface area contributed by atoms with Crippen LogP contribution in [-0.2, 0) is 11.3 Å². The zero-order chi connectivity index (χ0) is 9.26. The van der Waals surface area contributed by atoms with Crippen LogP contribution in [0.1, 0.15) is 16.3 Å². The molecule has 6 nitrogen and oxygen atoms in total. The Morgan fingerprint density at radius 3 is 3.08 bits per heavy atom. The zero-order valence-electron chi connectivity index (χ0n) is 6.89. The van der Waals surface area contributed by atoms with Crippen molar-refractivity contribution in [1.82, 2.24) is 9.97 Å². The van der Waals surface area contributed by atoms with Gasteiger partial charge in [-0.1, -0.05) is 0 Å². The minimum absolute atomic E-state index is 0.252. The molecule has 0 radical (unpaired) electrons. The van der Waals surface area contributed by atoms with Crippen molar-refractivity contribution in [2.45, 2.75) is 6.61 Å². The minimum atomic E-state index is -0.422. The first kappa shape index (κ1) is 7.93. The molecule has 1 amide bonds. The largest absolute Gasteiger partial charge is 0.377 e. The highest BCUT2D eigenvalue weighted by molar-refractivity contribution is 5.99. The number of hydrogen-bond acceptors (Lipinski definition) is 5. The Balaban J connectivity index is 2.39. The fraction of sp³-hybridized carbons (Fsp3) is 0.286. The van der Waals surface area contributed by atoms with E-state index in [1.807, 2.05) is 0 Å². The first-order valence-electron chi connectivity index (χ1n) is 3.62. The van der Waals surface area contributed by atoms with Crippen molar-refractivity contribution < 1.29 is 9.53 Å². The molecule has 1 aliphatic heterocycles. The van der Waals surface area contributed by atoms with Gasteiger partial charge in [0, 0.05) is 7.11 Å². The number of fused-ring (bicyclic) bond motifs is 1. The molecule has 0 saturated heterocycles. The number of carbonyl (C=O) groups excluding carboxylic acids is 1. The van der Waals surface area contributed by atoms with Gasteiger partial charge in [-0.3, -0.25) is 4.79 Å². The Kier molecular flexibility index (Phi) is 1.82. The molecule has 2 rings (SSSR count). The van der Waals surface area contributed by atoms with Crippen LogP contribution in [0.4, 0.5) is 5.69 Å². The monoisotopic (exact) mass is 178 g/mol. The normalized spacial score (nSPS) is 13.5. The third-order valence-corrected chi connectivity index (χ3v) is 1.54. The molecule has 0 spiro atoms. The fourth-order valence-corrected chi connectivity index (χ4v) is 0.988. The first-order valence-corrected chi connectivity index (χ1v) is 3.62. The lowest BCUT2D eigenvalue weighted by molar-refractivity contribution is 0.0997. The van der Waals surface area contributed by atoms with Crippen molar-refractivity contribution in [2.24, 2.45) is 10.2 Å². The van der Waals surface area contributed by atoms with Crippen molar-refractivity contribution in [3.05, 3.63) is 17.7 Å². The Bertz CT molecular complexity index is 388. The lowest BCUT2D eigenvalue weighted by atomic mass is 10.3. The van der Waals surface area contributed by atoms with Crippen molar-refractivity contribution in [3.63, 3.8) is 0 Å². The lowest BCUT2D eigenvalue weighted by Crippen LogP contribution is -2.02. The van der Waals surface area contributed by atoms with Crippen LogP contribution in [-0.4, -0.2) is 23.0 Å². The van der Waals surface area contributed by atoms with Crippen LogP contribution in [0.5, 0.6) is 0 Å². The maximum absolute atomic E-state index is 11.0. The average molecular weight is 178 g/mol. The number of hydrogen-bond donors (Lipinski definition) is 0. The molecule has 0 aromatic carbocycles. The van der Waals surface area contributed by atoms with Gasteiger partial charge in [0.1, 0.15) is 12.3 Å². The van der Waals surface area contributed by atoms with E-state index in [9.17, 15) is 4.79 Å². The molecule has 0 saturated carbocycles.